The molecule has 0 saturated heterocycles. The number of rotatable bonds is 7. The zero-order chi connectivity index (χ0) is 30.3. The number of halogens is 5. The molecule has 1 amide bonds. The van der Waals surface area contributed by atoms with Gasteiger partial charge in [0.1, 0.15) is 17.1 Å². The largest absolute Gasteiger partial charge is 0.494 e. The van der Waals surface area contributed by atoms with E-state index < -0.39 is 41.3 Å². The molecule has 0 unspecified atom stereocenters. The Labute approximate surface area is 237 Å². The molecule has 2 aromatic heterocycles. The van der Waals surface area contributed by atoms with Crippen molar-refractivity contribution in [1.82, 2.24) is 20.5 Å². The predicted molar refractivity (Wildman–Crippen MR) is 143 cm³/mol. The van der Waals surface area contributed by atoms with E-state index in [0.717, 1.165) is 18.2 Å². The van der Waals surface area contributed by atoms with E-state index in [1.54, 1.807) is 13.0 Å². The van der Waals surface area contributed by atoms with Crippen molar-refractivity contribution in [2.45, 2.75) is 38.1 Å². The van der Waals surface area contributed by atoms with Crippen LogP contribution in [0.2, 0.25) is 5.02 Å². The number of amides is 1. The smallest absolute Gasteiger partial charge is 0.424 e. The van der Waals surface area contributed by atoms with Crippen LogP contribution in [0.25, 0.3) is 22.2 Å². The van der Waals surface area contributed by atoms with Crippen molar-refractivity contribution < 1.29 is 37.3 Å². The van der Waals surface area contributed by atoms with Crippen molar-refractivity contribution in [1.29, 1.82) is 0 Å². The fraction of sp³-hybridized carbons (Fsp3) is 0.286. The Hall–Kier alpha value is -3.87. The van der Waals surface area contributed by atoms with E-state index in [0.29, 0.717) is 16.6 Å². The number of hydrogen-bond donors (Lipinski definition) is 3. The van der Waals surface area contributed by atoms with Gasteiger partial charge < -0.3 is 20.3 Å². The Morgan fingerprint density at radius 3 is 2.29 bits per heavy atom. The van der Waals surface area contributed by atoms with Crippen LogP contribution in [0.5, 0.6) is 5.75 Å². The van der Waals surface area contributed by atoms with E-state index in [1.165, 1.54) is 45.2 Å². The second kappa shape index (κ2) is 10.8. The average Bonchev–Trinajstić information content (AvgIpc) is 2.90. The lowest BCUT2D eigenvalue weighted by atomic mass is 9.90. The fourth-order valence-corrected chi connectivity index (χ4v) is 4.58. The summed E-state index contributed by atoms with van der Waals surface area (Å²) < 4.78 is 62.3. The summed E-state index contributed by atoms with van der Waals surface area (Å²) in [6.07, 6.45) is -5.34. The topological polar surface area (TPSA) is 117 Å². The second-order valence-electron chi connectivity index (χ2n) is 9.93. The molecule has 3 N–H and O–H groups in total. The first-order chi connectivity index (χ1) is 19.0. The van der Waals surface area contributed by atoms with Gasteiger partial charge in [0.15, 0.2) is 0 Å². The van der Waals surface area contributed by atoms with Crippen LogP contribution in [-0.4, -0.2) is 51.1 Å². The Balaban J connectivity index is 1.79. The molecule has 0 spiro atoms. The van der Waals surface area contributed by atoms with Crippen molar-refractivity contribution in [3.05, 3.63) is 81.9 Å². The van der Waals surface area contributed by atoms with Crippen LogP contribution in [0.15, 0.2) is 48.5 Å². The van der Waals surface area contributed by atoms with Crippen molar-refractivity contribution in [2.24, 2.45) is 0 Å². The van der Waals surface area contributed by atoms with E-state index in [1.807, 2.05) is 0 Å². The standard InChI is InChI=1S/C28H25ClF4N4O4/c1-14-9-16-10-17(11-20(41-4)23(16)37-36-14)25(38)34-13-27(40,28(31,32)33)21-12-19(26(2,3)39)22(29)24(35-21)15-5-7-18(30)8-6-15/h5-12,39-40H,13H2,1-4H3,(H,34,38)/t27-/m0/s1. The normalized spacial score (nSPS) is 13.6. The number of methoxy groups -OCH3 is 1. The summed E-state index contributed by atoms with van der Waals surface area (Å²) >= 11 is 6.43. The number of benzene rings is 2. The molecule has 0 aliphatic rings. The summed E-state index contributed by atoms with van der Waals surface area (Å²) in [5.74, 6) is -1.38. The van der Waals surface area contributed by atoms with Crippen LogP contribution >= 0.6 is 11.6 Å². The van der Waals surface area contributed by atoms with Crippen LogP contribution < -0.4 is 10.1 Å². The summed E-state index contributed by atoms with van der Waals surface area (Å²) in [4.78, 5) is 17.0. The summed E-state index contributed by atoms with van der Waals surface area (Å²) in [5, 5.41) is 32.1. The van der Waals surface area contributed by atoms with Gasteiger partial charge in [-0.05, 0) is 69.3 Å². The highest BCUT2D eigenvalue weighted by Crippen LogP contribution is 2.43. The minimum atomic E-state index is -5.34. The van der Waals surface area contributed by atoms with E-state index >= 15 is 0 Å². The lowest BCUT2D eigenvalue weighted by molar-refractivity contribution is -0.265. The third-order valence-corrected chi connectivity index (χ3v) is 6.77. The van der Waals surface area contributed by atoms with Crippen molar-refractivity contribution in [3.8, 4) is 17.0 Å². The van der Waals surface area contributed by atoms with Crippen LogP contribution in [0.4, 0.5) is 17.6 Å². The number of carbonyl (C=O) groups is 1. The van der Waals surface area contributed by atoms with Crippen LogP contribution in [0, 0.1) is 12.7 Å². The number of aromatic nitrogens is 3. The molecule has 0 fully saturated rings. The molecule has 13 heteroatoms. The maximum Gasteiger partial charge on any atom is 0.424 e. The first-order valence-electron chi connectivity index (χ1n) is 12.1. The van der Waals surface area contributed by atoms with E-state index in [2.05, 4.69) is 20.5 Å². The zero-order valence-electron chi connectivity index (χ0n) is 22.3. The number of nitrogens with one attached hydrogen (secondary N) is 1. The number of hydrogen-bond acceptors (Lipinski definition) is 7. The van der Waals surface area contributed by atoms with Crippen LogP contribution in [0.1, 0.15) is 41.2 Å². The highest BCUT2D eigenvalue weighted by atomic mass is 35.5. The van der Waals surface area contributed by atoms with Crippen LogP contribution in [0.3, 0.4) is 0 Å². The quantitative estimate of drug-likeness (QED) is 0.252. The number of pyridine rings is 1. The molecule has 4 rings (SSSR count). The number of alkyl halides is 3. The van der Waals surface area contributed by atoms with E-state index in [-0.39, 0.29) is 33.2 Å². The Morgan fingerprint density at radius 1 is 1.05 bits per heavy atom. The summed E-state index contributed by atoms with van der Waals surface area (Å²) in [7, 11) is 1.34. The Kier molecular flexibility index (Phi) is 7.96. The molecule has 0 bridgehead atoms. The number of carbonyl (C=O) groups excluding carboxylic acids is 1. The highest BCUT2D eigenvalue weighted by molar-refractivity contribution is 6.34. The van der Waals surface area contributed by atoms with Crippen molar-refractivity contribution in [2.75, 3.05) is 13.7 Å². The van der Waals surface area contributed by atoms with Gasteiger partial charge in [-0.3, -0.25) is 4.79 Å². The minimum absolute atomic E-state index is 0.0560. The molecule has 2 aromatic carbocycles. The molecule has 1 atom stereocenters. The minimum Gasteiger partial charge on any atom is -0.494 e. The molecule has 0 aliphatic heterocycles. The zero-order valence-corrected chi connectivity index (χ0v) is 23.0. The number of fused-ring (bicyclic) bond motifs is 1. The molecule has 41 heavy (non-hydrogen) atoms. The monoisotopic (exact) mass is 592 g/mol. The van der Waals surface area contributed by atoms with Gasteiger partial charge in [-0.15, -0.1) is 5.10 Å². The third kappa shape index (κ3) is 5.95. The fourth-order valence-electron chi connectivity index (χ4n) is 4.15. The molecular formula is C28H25ClF4N4O4. The predicted octanol–water partition coefficient (Wildman–Crippen LogP) is 5.21. The van der Waals surface area contributed by atoms with Gasteiger partial charge in [-0.1, -0.05) is 11.6 Å². The maximum atomic E-state index is 14.5. The van der Waals surface area contributed by atoms with E-state index in [4.69, 9.17) is 16.3 Å². The number of aliphatic hydroxyl groups is 2. The van der Waals surface area contributed by atoms with Crippen LogP contribution in [-0.2, 0) is 11.2 Å². The number of nitrogens with zero attached hydrogens (tertiary/aromatic N) is 3. The van der Waals surface area contributed by atoms with Gasteiger partial charge in [-0.25, -0.2) is 9.37 Å². The Morgan fingerprint density at radius 2 is 1.71 bits per heavy atom. The lowest BCUT2D eigenvalue weighted by Gasteiger charge is -2.32. The van der Waals surface area contributed by atoms with Gasteiger partial charge >= 0.3 is 6.18 Å². The average molecular weight is 593 g/mol. The SMILES string of the molecule is COc1cc(C(=O)NC[C@](O)(c2cc(C(C)(C)O)c(Cl)c(-c3ccc(F)cc3)n2)C(F)(F)F)cc2cc(C)nnc12. The molecule has 2 heterocycles. The molecule has 216 valence electrons. The van der Waals surface area contributed by atoms with Gasteiger partial charge in [0.25, 0.3) is 5.91 Å². The number of aryl methyl sites for hydroxylation is 1. The van der Waals surface area contributed by atoms with Gasteiger partial charge in [-0.2, -0.15) is 18.3 Å². The molecule has 0 saturated carbocycles. The summed E-state index contributed by atoms with van der Waals surface area (Å²) in [6, 6.07) is 9.75. The molecular weight excluding hydrogens is 568 g/mol. The lowest BCUT2D eigenvalue weighted by Crippen LogP contribution is -2.51. The Bertz CT molecular complexity index is 1630. The second-order valence-corrected chi connectivity index (χ2v) is 10.3. The molecule has 4 aromatic rings. The molecule has 0 aliphatic carbocycles. The first kappa shape index (κ1) is 30.1. The molecule has 0 radical (unpaired) electrons. The molecule has 8 nitrogen and oxygen atoms in total. The van der Waals surface area contributed by atoms with Gasteiger partial charge in [0.2, 0.25) is 5.60 Å². The summed E-state index contributed by atoms with van der Waals surface area (Å²) in [5.41, 5.74) is -5.85. The van der Waals surface area contributed by atoms with E-state index in [9.17, 15) is 32.6 Å². The first-order valence-corrected chi connectivity index (χ1v) is 12.5. The van der Waals surface area contributed by atoms with Gasteiger partial charge in [0.05, 0.1) is 41.4 Å². The highest BCUT2D eigenvalue weighted by Gasteiger charge is 2.57. The number of ether oxygens (including phenoxy) is 1. The third-order valence-electron chi connectivity index (χ3n) is 6.39. The van der Waals surface area contributed by atoms with Crippen molar-refractivity contribution >= 4 is 28.4 Å². The summed E-state index contributed by atoms with van der Waals surface area (Å²) in [6.45, 7) is 2.92. The maximum absolute atomic E-state index is 14.5. The van der Waals surface area contributed by atoms with Gasteiger partial charge in [0, 0.05) is 22.1 Å². The van der Waals surface area contributed by atoms with Crippen molar-refractivity contribution in [3.63, 3.8) is 0 Å².